The molecule has 0 heterocycles. The van der Waals surface area contributed by atoms with Crippen LogP contribution in [0.15, 0.2) is 24.3 Å². The van der Waals surface area contributed by atoms with Gasteiger partial charge in [-0.2, -0.15) is 13.2 Å². The molecule has 3 N–H and O–H groups in total. The summed E-state index contributed by atoms with van der Waals surface area (Å²) in [6.07, 6.45) is -4.05. The lowest BCUT2D eigenvalue weighted by molar-refractivity contribution is -0.137. The molecule has 1 rings (SSSR count). The van der Waals surface area contributed by atoms with Gasteiger partial charge in [0.2, 0.25) is 5.91 Å². The monoisotopic (exact) mass is 260 g/mol. The number of benzene rings is 1. The molecule has 6 heteroatoms. The maximum Gasteiger partial charge on any atom is 0.416 e. The second-order valence-corrected chi connectivity index (χ2v) is 4.30. The molecule has 3 nitrogen and oxygen atoms in total. The van der Waals surface area contributed by atoms with Gasteiger partial charge in [-0.1, -0.05) is 13.0 Å². The van der Waals surface area contributed by atoms with Gasteiger partial charge in [0.1, 0.15) is 0 Å². The number of hydrogen-bond donors (Lipinski definition) is 2. The van der Waals surface area contributed by atoms with Gasteiger partial charge in [-0.15, -0.1) is 0 Å². The summed E-state index contributed by atoms with van der Waals surface area (Å²) in [6, 6.07) is 4.44. The number of rotatable bonds is 3. The van der Waals surface area contributed by atoms with Crippen molar-refractivity contribution in [2.75, 3.05) is 5.32 Å². The van der Waals surface area contributed by atoms with Crippen LogP contribution in [0.3, 0.4) is 0 Å². The van der Waals surface area contributed by atoms with Crippen LogP contribution in [-0.4, -0.2) is 11.4 Å². The third-order valence-electron chi connectivity index (χ3n) is 2.70. The van der Waals surface area contributed by atoms with Crippen molar-refractivity contribution in [1.29, 1.82) is 0 Å². The predicted octanol–water partition coefficient (Wildman–Crippen LogP) is 2.77. The van der Waals surface area contributed by atoms with E-state index < -0.39 is 23.2 Å². The Bertz CT molecular complexity index is 441. The molecule has 1 atom stereocenters. The van der Waals surface area contributed by atoms with Crippen molar-refractivity contribution in [3.8, 4) is 0 Å². The molecule has 1 amide bonds. The van der Waals surface area contributed by atoms with E-state index in [-0.39, 0.29) is 5.69 Å². The fraction of sp³-hybridized carbons (Fsp3) is 0.417. The van der Waals surface area contributed by atoms with Crippen molar-refractivity contribution < 1.29 is 18.0 Å². The molecule has 0 spiro atoms. The summed E-state index contributed by atoms with van der Waals surface area (Å²) in [6.45, 7) is 3.25. The molecule has 1 aromatic rings. The van der Waals surface area contributed by atoms with Gasteiger partial charge in [-0.3, -0.25) is 4.79 Å². The van der Waals surface area contributed by atoms with Crippen LogP contribution in [0.25, 0.3) is 0 Å². The molecule has 0 fully saturated rings. The van der Waals surface area contributed by atoms with Gasteiger partial charge in [0.05, 0.1) is 11.1 Å². The standard InChI is InChI=1S/C12H15F3N2O/c1-3-11(2,16)10(18)17-9-6-4-5-8(7-9)12(13,14)15/h4-7H,3,16H2,1-2H3,(H,17,18). The van der Waals surface area contributed by atoms with E-state index >= 15 is 0 Å². The smallest absolute Gasteiger partial charge is 0.324 e. The molecule has 0 aromatic heterocycles. The number of alkyl halides is 3. The topological polar surface area (TPSA) is 55.1 Å². The number of amides is 1. The first-order valence-corrected chi connectivity index (χ1v) is 5.44. The first-order valence-electron chi connectivity index (χ1n) is 5.44. The van der Waals surface area contributed by atoms with Gasteiger partial charge >= 0.3 is 6.18 Å². The summed E-state index contributed by atoms with van der Waals surface area (Å²) >= 11 is 0. The Kier molecular flexibility index (Phi) is 4.01. The molecule has 100 valence electrons. The Morgan fingerprint density at radius 3 is 2.50 bits per heavy atom. The molecule has 0 saturated carbocycles. The summed E-state index contributed by atoms with van der Waals surface area (Å²) in [5.41, 5.74) is 3.87. The molecule has 0 aliphatic carbocycles. The van der Waals surface area contributed by atoms with Crippen LogP contribution in [-0.2, 0) is 11.0 Å². The van der Waals surface area contributed by atoms with E-state index in [0.29, 0.717) is 6.42 Å². The average molecular weight is 260 g/mol. The van der Waals surface area contributed by atoms with E-state index in [4.69, 9.17) is 5.73 Å². The minimum atomic E-state index is -4.43. The van der Waals surface area contributed by atoms with E-state index in [9.17, 15) is 18.0 Å². The SMILES string of the molecule is CCC(C)(N)C(=O)Nc1cccc(C(F)(F)F)c1. The highest BCUT2D eigenvalue weighted by Gasteiger charge is 2.31. The fourth-order valence-corrected chi connectivity index (χ4v) is 1.21. The van der Waals surface area contributed by atoms with Crippen molar-refractivity contribution in [3.63, 3.8) is 0 Å². The largest absolute Gasteiger partial charge is 0.416 e. The van der Waals surface area contributed by atoms with E-state index in [1.165, 1.54) is 19.1 Å². The molecule has 1 aromatic carbocycles. The number of anilines is 1. The summed E-state index contributed by atoms with van der Waals surface area (Å²) in [5, 5.41) is 2.38. The molecule has 0 bridgehead atoms. The lowest BCUT2D eigenvalue weighted by Crippen LogP contribution is -2.47. The lowest BCUT2D eigenvalue weighted by Gasteiger charge is -2.21. The van der Waals surface area contributed by atoms with Crippen molar-refractivity contribution in [2.45, 2.75) is 32.0 Å². The first-order chi connectivity index (χ1) is 8.16. The third-order valence-corrected chi connectivity index (χ3v) is 2.70. The molecular formula is C12H15F3N2O. The number of hydrogen-bond acceptors (Lipinski definition) is 2. The maximum atomic E-state index is 12.5. The fourth-order valence-electron chi connectivity index (χ4n) is 1.21. The van der Waals surface area contributed by atoms with E-state index in [2.05, 4.69) is 5.32 Å². The first kappa shape index (κ1) is 14.5. The zero-order chi connectivity index (χ0) is 14.0. The van der Waals surface area contributed by atoms with Crippen LogP contribution in [0.1, 0.15) is 25.8 Å². The summed E-state index contributed by atoms with van der Waals surface area (Å²) in [5.74, 6) is -0.510. The van der Waals surface area contributed by atoms with Crippen LogP contribution in [0, 0.1) is 0 Å². The van der Waals surface area contributed by atoms with Crippen molar-refractivity contribution in [2.24, 2.45) is 5.73 Å². The number of carbonyl (C=O) groups is 1. The quantitative estimate of drug-likeness (QED) is 0.878. The Balaban J connectivity index is 2.90. The van der Waals surface area contributed by atoms with E-state index in [1.54, 1.807) is 6.92 Å². The molecule has 0 aliphatic rings. The molecule has 0 aliphatic heterocycles. The molecule has 0 saturated heterocycles. The van der Waals surface area contributed by atoms with Gasteiger partial charge in [0.15, 0.2) is 0 Å². The van der Waals surface area contributed by atoms with Crippen LogP contribution in [0.5, 0.6) is 0 Å². The van der Waals surface area contributed by atoms with Crippen LogP contribution in [0.2, 0.25) is 0 Å². The number of nitrogens with one attached hydrogen (secondary N) is 1. The summed E-state index contributed by atoms with van der Waals surface area (Å²) in [7, 11) is 0. The normalized spacial score (nSPS) is 15.0. The molecular weight excluding hydrogens is 245 g/mol. The summed E-state index contributed by atoms with van der Waals surface area (Å²) < 4.78 is 37.4. The minimum Gasteiger partial charge on any atom is -0.324 e. The van der Waals surface area contributed by atoms with E-state index in [1.807, 2.05) is 0 Å². The maximum absolute atomic E-state index is 12.5. The number of nitrogens with two attached hydrogens (primary N) is 1. The zero-order valence-electron chi connectivity index (χ0n) is 10.1. The van der Waals surface area contributed by atoms with Crippen LogP contribution in [0.4, 0.5) is 18.9 Å². The highest BCUT2D eigenvalue weighted by atomic mass is 19.4. The van der Waals surface area contributed by atoms with Gasteiger partial charge in [-0.05, 0) is 31.5 Å². The number of halogens is 3. The lowest BCUT2D eigenvalue weighted by atomic mass is 9.99. The highest BCUT2D eigenvalue weighted by Crippen LogP contribution is 2.30. The number of carbonyl (C=O) groups excluding carboxylic acids is 1. The van der Waals surface area contributed by atoms with E-state index in [0.717, 1.165) is 12.1 Å². The Morgan fingerprint density at radius 2 is 2.00 bits per heavy atom. The Morgan fingerprint density at radius 1 is 1.39 bits per heavy atom. The molecule has 18 heavy (non-hydrogen) atoms. The Labute approximate surface area is 103 Å². The molecule has 1 unspecified atom stereocenters. The van der Waals surface area contributed by atoms with Gasteiger partial charge in [0.25, 0.3) is 0 Å². The zero-order valence-corrected chi connectivity index (χ0v) is 10.1. The molecule has 0 radical (unpaired) electrons. The van der Waals surface area contributed by atoms with Gasteiger partial charge in [-0.25, -0.2) is 0 Å². The third kappa shape index (κ3) is 3.46. The summed E-state index contributed by atoms with van der Waals surface area (Å²) in [4.78, 5) is 11.7. The van der Waals surface area contributed by atoms with Gasteiger partial charge in [0, 0.05) is 5.69 Å². The second-order valence-electron chi connectivity index (χ2n) is 4.30. The van der Waals surface area contributed by atoms with Crippen molar-refractivity contribution in [1.82, 2.24) is 0 Å². The van der Waals surface area contributed by atoms with Crippen LogP contribution < -0.4 is 11.1 Å². The predicted molar refractivity (Wildman–Crippen MR) is 63.0 cm³/mol. The second kappa shape index (κ2) is 4.97. The van der Waals surface area contributed by atoms with Crippen LogP contribution >= 0.6 is 0 Å². The average Bonchev–Trinajstić information content (AvgIpc) is 2.28. The van der Waals surface area contributed by atoms with Crippen molar-refractivity contribution in [3.05, 3.63) is 29.8 Å². The minimum absolute atomic E-state index is 0.0833. The highest BCUT2D eigenvalue weighted by molar-refractivity contribution is 5.97. The Hall–Kier alpha value is -1.56. The van der Waals surface area contributed by atoms with Gasteiger partial charge < -0.3 is 11.1 Å². The van der Waals surface area contributed by atoms with Crippen molar-refractivity contribution >= 4 is 11.6 Å².